The Kier molecular flexibility index (Phi) is 4.61. The molecular weight excluding hydrogens is 188 g/mol. The second-order valence-corrected chi connectivity index (χ2v) is 3.39. The van der Waals surface area contributed by atoms with Crippen LogP contribution in [0.2, 0.25) is 0 Å². The molecule has 0 fully saturated rings. The van der Waals surface area contributed by atoms with Crippen LogP contribution in [0, 0.1) is 0 Å². The van der Waals surface area contributed by atoms with E-state index in [1.807, 2.05) is 24.3 Å². The standard InChI is InChI=1S/C13H16O2/c1-3-4-7-12(14)9-11-6-5-8-13(10-11)15-2/h3,5-6,8,10H,1,4,7,9H2,2H3. The number of carbonyl (C=O) groups excluding carboxylic acids is 1. The van der Waals surface area contributed by atoms with E-state index >= 15 is 0 Å². The molecule has 0 saturated heterocycles. The molecular formula is C13H16O2. The van der Waals surface area contributed by atoms with Gasteiger partial charge in [-0.25, -0.2) is 0 Å². The number of allylic oxidation sites excluding steroid dienone is 1. The third-order valence-electron chi connectivity index (χ3n) is 2.16. The van der Waals surface area contributed by atoms with Gasteiger partial charge in [0.15, 0.2) is 0 Å². The van der Waals surface area contributed by atoms with Crippen LogP contribution in [-0.4, -0.2) is 12.9 Å². The minimum Gasteiger partial charge on any atom is -0.497 e. The maximum atomic E-state index is 11.5. The van der Waals surface area contributed by atoms with Crippen molar-refractivity contribution in [3.63, 3.8) is 0 Å². The molecule has 0 aliphatic carbocycles. The van der Waals surface area contributed by atoms with Crippen molar-refractivity contribution in [2.45, 2.75) is 19.3 Å². The zero-order valence-electron chi connectivity index (χ0n) is 9.03. The van der Waals surface area contributed by atoms with E-state index < -0.39 is 0 Å². The first-order chi connectivity index (χ1) is 7.26. The fraction of sp³-hybridized carbons (Fsp3) is 0.308. The molecule has 0 N–H and O–H groups in total. The van der Waals surface area contributed by atoms with Gasteiger partial charge in [0.05, 0.1) is 7.11 Å². The molecule has 0 spiro atoms. The van der Waals surface area contributed by atoms with Crippen molar-refractivity contribution in [1.82, 2.24) is 0 Å². The summed E-state index contributed by atoms with van der Waals surface area (Å²) in [4.78, 5) is 11.5. The average Bonchev–Trinajstić information content (AvgIpc) is 2.26. The zero-order valence-corrected chi connectivity index (χ0v) is 9.03. The van der Waals surface area contributed by atoms with Gasteiger partial charge in [0.2, 0.25) is 0 Å². The van der Waals surface area contributed by atoms with E-state index in [1.165, 1.54) is 0 Å². The van der Waals surface area contributed by atoms with Crippen LogP contribution in [0.15, 0.2) is 36.9 Å². The molecule has 0 heterocycles. The first kappa shape index (κ1) is 11.5. The lowest BCUT2D eigenvalue weighted by molar-refractivity contribution is -0.118. The Balaban J connectivity index is 2.55. The molecule has 0 atom stereocenters. The largest absolute Gasteiger partial charge is 0.497 e. The van der Waals surface area contributed by atoms with Gasteiger partial charge in [-0.2, -0.15) is 0 Å². The van der Waals surface area contributed by atoms with Gasteiger partial charge in [0.1, 0.15) is 11.5 Å². The predicted octanol–water partition coefficient (Wildman–Crippen LogP) is 2.77. The van der Waals surface area contributed by atoms with Crippen molar-refractivity contribution in [3.8, 4) is 5.75 Å². The summed E-state index contributed by atoms with van der Waals surface area (Å²) in [5.74, 6) is 1.03. The van der Waals surface area contributed by atoms with Crippen molar-refractivity contribution < 1.29 is 9.53 Å². The Labute approximate surface area is 90.6 Å². The van der Waals surface area contributed by atoms with E-state index in [9.17, 15) is 4.79 Å². The Morgan fingerprint density at radius 3 is 3.00 bits per heavy atom. The van der Waals surface area contributed by atoms with E-state index in [0.29, 0.717) is 12.8 Å². The fourth-order valence-electron chi connectivity index (χ4n) is 1.36. The Hall–Kier alpha value is -1.57. The van der Waals surface area contributed by atoms with Crippen LogP contribution in [0.25, 0.3) is 0 Å². The summed E-state index contributed by atoms with van der Waals surface area (Å²) >= 11 is 0. The van der Waals surface area contributed by atoms with Crippen molar-refractivity contribution in [2.75, 3.05) is 7.11 Å². The minimum absolute atomic E-state index is 0.239. The molecule has 15 heavy (non-hydrogen) atoms. The van der Waals surface area contributed by atoms with Gasteiger partial charge in [0, 0.05) is 12.8 Å². The summed E-state index contributed by atoms with van der Waals surface area (Å²) in [6.07, 6.45) is 3.57. The predicted molar refractivity (Wildman–Crippen MR) is 61.1 cm³/mol. The van der Waals surface area contributed by atoms with Gasteiger partial charge in [-0.1, -0.05) is 18.2 Å². The highest BCUT2D eigenvalue weighted by atomic mass is 16.5. The monoisotopic (exact) mass is 204 g/mol. The topological polar surface area (TPSA) is 26.3 Å². The molecule has 2 nitrogen and oxygen atoms in total. The summed E-state index contributed by atoms with van der Waals surface area (Å²) < 4.78 is 5.09. The first-order valence-electron chi connectivity index (χ1n) is 5.02. The van der Waals surface area contributed by atoms with Crippen LogP contribution in [0.3, 0.4) is 0 Å². The molecule has 0 aliphatic heterocycles. The second kappa shape index (κ2) is 6.02. The molecule has 0 aromatic heterocycles. The van der Waals surface area contributed by atoms with E-state index in [2.05, 4.69) is 6.58 Å². The third kappa shape index (κ3) is 3.98. The summed E-state index contributed by atoms with van der Waals surface area (Å²) in [5, 5.41) is 0. The van der Waals surface area contributed by atoms with Gasteiger partial charge in [-0.3, -0.25) is 4.79 Å². The molecule has 1 aromatic rings. The lowest BCUT2D eigenvalue weighted by Crippen LogP contribution is -2.01. The zero-order chi connectivity index (χ0) is 11.1. The van der Waals surface area contributed by atoms with Crippen molar-refractivity contribution >= 4 is 5.78 Å². The molecule has 0 aliphatic rings. The van der Waals surface area contributed by atoms with Gasteiger partial charge in [-0.15, -0.1) is 6.58 Å². The van der Waals surface area contributed by atoms with Crippen molar-refractivity contribution in [2.24, 2.45) is 0 Å². The number of carbonyl (C=O) groups is 1. The van der Waals surface area contributed by atoms with Crippen molar-refractivity contribution in [1.29, 1.82) is 0 Å². The summed E-state index contributed by atoms with van der Waals surface area (Å²) in [6.45, 7) is 3.59. The molecule has 0 unspecified atom stereocenters. The molecule has 1 aromatic carbocycles. The third-order valence-corrected chi connectivity index (χ3v) is 2.16. The maximum absolute atomic E-state index is 11.5. The highest BCUT2D eigenvalue weighted by Crippen LogP contribution is 2.13. The lowest BCUT2D eigenvalue weighted by atomic mass is 10.1. The Bertz CT molecular complexity index is 342. The normalized spacial score (nSPS) is 9.67. The van der Waals surface area contributed by atoms with Crippen LogP contribution in [0.5, 0.6) is 5.75 Å². The van der Waals surface area contributed by atoms with Crippen LogP contribution in [0.1, 0.15) is 18.4 Å². The van der Waals surface area contributed by atoms with Crippen LogP contribution >= 0.6 is 0 Å². The SMILES string of the molecule is C=CCCC(=O)Cc1cccc(OC)c1. The number of hydrogen-bond acceptors (Lipinski definition) is 2. The molecule has 80 valence electrons. The van der Waals surface area contributed by atoms with Gasteiger partial charge >= 0.3 is 0 Å². The lowest BCUT2D eigenvalue weighted by Gasteiger charge is -2.03. The molecule has 0 saturated carbocycles. The molecule has 1 rings (SSSR count). The number of Topliss-reactive ketones (excluding diaryl/α,β-unsaturated/α-hetero) is 1. The molecule has 2 heteroatoms. The van der Waals surface area contributed by atoms with E-state index in [4.69, 9.17) is 4.74 Å². The van der Waals surface area contributed by atoms with Crippen LogP contribution < -0.4 is 4.74 Å². The highest BCUT2D eigenvalue weighted by molar-refractivity contribution is 5.81. The smallest absolute Gasteiger partial charge is 0.137 e. The number of rotatable bonds is 6. The Morgan fingerprint density at radius 1 is 1.53 bits per heavy atom. The van der Waals surface area contributed by atoms with Crippen LogP contribution in [0.4, 0.5) is 0 Å². The molecule has 0 bridgehead atoms. The summed E-state index contributed by atoms with van der Waals surface area (Å²) in [7, 11) is 1.62. The minimum atomic E-state index is 0.239. The van der Waals surface area contributed by atoms with E-state index in [0.717, 1.165) is 17.7 Å². The van der Waals surface area contributed by atoms with E-state index in [1.54, 1.807) is 13.2 Å². The van der Waals surface area contributed by atoms with Gasteiger partial charge < -0.3 is 4.74 Å². The molecule has 0 radical (unpaired) electrons. The van der Waals surface area contributed by atoms with Gasteiger partial charge in [0.25, 0.3) is 0 Å². The summed E-state index contributed by atoms with van der Waals surface area (Å²) in [5.41, 5.74) is 1.00. The number of ether oxygens (including phenoxy) is 1. The fourth-order valence-corrected chi connectivity index (χ4v) is 1.36. The highest BCUT2D eigenvalue weighted by Gasteiger charge is 2.03. The quantitative estimate of drug-likeness (QED) is 0.666. The van der Waals surface area contributed by atoms with Crippen molar-refractivity contribution in [3.05, 3.63) is 42.5 Å². The molecule has 0 amide bonds. The summed E-state index contributed by atoms with van der Waals surface area (Å²) in [6, 6.07) is 7.60. The second-order valence-electron chi connectivity index (χ2n) is 3.39. The number of benzene rings is 1. The maximum Gasteiger partial charge on any atom is 0.137 e. The number of methoxy groups -OCH3 is 1. The van der Waals surface area contributed by atoms with Crippen LogP contribution in [-0.2, 0) is 11.2 Å². The number of ketones is 1. The number of hydrogen-bond donors (Lipinski definition) is 0. The first-order valence-corrected chi connectivity index (χ1v) is 5.02. The van der Waals surface area contributed by atoms with E-state index in [-0.39, 0.29) is 5.78 Å². The Morgan fingerprint density at radius 2 is 2.33 bits per heavy atom. The van der Waals surface area contributed by atoms with Gasteiger partial charge in [-0.05, 0) is 24.1 Å². The average molecular weight is 204 g/mol.